The highest BCUT2D eigenvalue weighted by atomic mass is 16.3. The van der Waals surface area contributed by atoms with Crippen LogP contribution in [0.15, 0.2) is 45.3 Å². The monoisotopic (exact) mass is 256 g/mol. The van der Waals surface area contributed by atoms with Gasteiger partial charge in [0.2, 0.25) is 0 Å². The van der Waals surface area contributed by atoms with E-state index in [-0.39, 0.29) is 28.1 Å². The second-order valence-electron chi connectivity index (χ2n) is 4.19. The maximum Gasteiger partial charge on any atom is 0.199 e. The Morgan fingerprint density at radius 1 is 1.11 bits per heavy atom. The van der Waals surface area contributed by atoms with E-state index in [2.05, 4.69) is 0 Å². The van der Waals surface area contributed by atoms with Gasteiger partial charge in [-0.2, -0.15) is 0 Å². The summed E-state index contributed by atoms with van der Waals surface area (Å²) in [6, 6.07) is 6.81. The molecule has 1 aromatic carbocycles. The maximum atomic E-state index is 12.2. The van der Waals surface area contributed by atoms with Crippen LogP contribution < -0.4 is 5.43 Å². The fraction of sp³-hybridized carbons (Fsp3) is 0.133. The summed E-state index contributed by atoms with van der Waals surface area (Å²) in [7, 11) is 0. The lowest BCUT2D eigenvalue weighted by Crippen LogP contribution is -2.10. The Hall–Kier alpha value is -2.49. The molecule has 0 bridgehead atoms. The van der Waals surface area contributed by atoms with E-state index in [1.807, 2.05) is 0 Å². The Kier molecular flexibility index (Phi) is 3.42. The molecule has 96 valence electrons. The van der Waals surface area contributed by atoms with Crippen LogP contribution in [-0.2, 0) is 9.59 Å². The summed E-state index contributed by atoms with van der Waals surface area (Å²) in [5.41, 5.74) is 0.389. The minimum atomic E-state index is -0.375. The van der Waals surface area contributed by atoms with Crippen LogP contribution in [0.2, 0.25) is 0 Å². The number of benzene rings is 1. The third-order valence-corrected chi connectivity index (χ3v) is 2.77. The molecule has 0 fully saturated rings. The molecule has 0 aliphatic rings. The number of carbonyl (C=O) groups is 2. The minimum absolute atomic E-state index is 0.0115. The number of rotatable bonds is 3. The second-order valence-corrected chi connectivity index (χ2v) is 4.19. The lowest BCUT2D eigenvalue weighted by atomic mass is 10.0. The molecular weight excluding hydrogens is 244 g/mol. The molecule has 1 heterocycles. The molecule has 4 nitrogen and oxygen atoms in total. The van der Waals surface area contributed by atoms with Gasteiger partial charge in [-0.15, -0.1) is 0 Å². The van der Waals surface area contributed by atoms with Crippen LogP contribution in [0.5, 0.6) is 0 Å². The lowest BCUT2D eigenvalue weighted by molar-refractivity contribution is -0.119. The molecule has 0 unspecified atom stereocenters. The third kappa shape index (κ3) is 2.52. The molecule has 2 rings (SSSR count). The molecule has 0 saturated heterocycles. The van der Waals surface area contributed by atoms with Crippen molar-refractivity contribution in [3.8, 4) is 0 Å². The van der Waals surface area contributed by atoms with Crippen LogP contribution >= 0.6 is 0 Å². The number of fused-ring (bicyclic) bond motifs is 1. The number of allylic oxidation sites excluding steroid dienone is 1. The number of para-hydroxylation sites is 1. The molecule has 0 saturated carbocycles. The van der Waals surface area contributed by atoms with Crippen molar-refractivity contribution in [1.82, 2.24) is 0 Å². The zero-order valence-corrected chi connectivity index (χ0v) is 10.6. The third-order valence-electron chi connectivity index (χ3n) is 2.77. The van der Waals surface area contributed by atoms with Gasteiger partial charge < -0.3 is 4.42 Å². The number of hydrogen-bond donors (Lipinski definition) is 0. The highest BCUT2D eigenvalue weighted by Crippen LogP contribution is 2.13. The molecule has 0 N–H and O–H groups in total. The zero-order valence-electron chi connectivity index (χ0n) is 10.6. The van der Waals surface area contributed by atoms with Crippen molar-refractivity contribution in [1.29, 1.82) is 0 Å². The summed E-state index contributed by atoms with van der Waals surface area (Å²) in [5, 5.41) is 0.419. The molecule has 2 aromatic rings. The highest BCUT2D eigenvalue weighted by Gasteiger charge is 2.12. The fourth-order valence-corrected chi connectivity index (χ4v) is 1.80. The Labute approximate surface area is 109 Å². The van der Waals surface area contributed by atoms with Gasteiger partial charge in [0.15, 0.2) is 17.0 Å². The van der Waals surface area contributed by atoms with Gasteiger partial charge in [0.1, 0.15) is 11.8 Å². The molecule has 0 atom stereocenters. The molecule has 0 amide bonds. The minimum Gasteiger partial charge on any atom is -0.463 e. The van der Waals surface area contributed by atoms with E-state index in [1.54, 1.807) is 24.3 Å². The van der Waals surface area contributed by atoms with Gasteiger partial charge in [-0.3, -0.25) is 14.4 Å². The predicted octanol–water partition coefficient (Wildman–Crippen LogP) is 2.35. The van der Waals surface area contributed by atoms with E-state index < -0.39 is 0 Å². The molecule has 0 spiro atoms. The van der Waals surface area contributed by atoms with Gasteiger partial charge in [0.25, 0.3) is 0 Å². The average Bonchev–Trinajstić information content (AvgIpc) is 2.37. The van der Waals surface area contributed by atoms with Gasteiger partial charge in [0, 0.05) is 0 Å². The summed E-state index contributed by atoms with van der Waals surface area (Å²) in [4.78, 5) is 34.9. The standard InChI is InChI=1S/C15H12O4/c1-9(16)13(10(2)17)7-11-8-19-14-6-4-3-5-12(14)15(11)18/h3-8H,1-2H3. The van der Waals surface area contributed by atoms with E-state index in [0.29, 0.717) is 11.0 Å². The zero-order chi connectivity index (χ0) is 14.0. The van der Waals surface area contributed by atoms with Crippen LogP contribution in [0.3, 0.4) is 0 Å². The Morgan fingerprint density at radius 3 is 2.37 bits per heavy atom. The normalized spacial score (nSPS) is 10.2. The maximum absolute atomic E-state index is 12.2. The topological polar surface area (TPSA) is 64.3 Å². The van der Waals surface area contributed by atoms with E-state index in [1.165, 1.54) is 26.2 Å². The van der Waals surface area contributed by atoms with Crippen LogP contribution in [0.4, 0.5) is 0 Å². The van der Waals surface area contributed by atoms with Gasteiger partial charge in [-0.05, 0) is 32.1 Å². The largest absolute Gasteiger partial charge is 0.463 e. The average molecular weight is 256 g/mol. The van der Waals surface area contributed by atoms with Gasteiger partial charge in [-0.1, -0.05) is 12.1 Å². The first-order valence-electron chi connectivity index (χ1n) is 5.75. The van der Waals surface area contributed by atoms with Crippen molar-refractivity contribution < 1.29 is 14.0 Å². The van der Waals surface area contributed by atoms with Gasteiger partial charge >= 0.3 is 0 Å². The summed E-state index contributed by atoms with van der Waals surface area (Å²) < 4.78 is 5.32. The van der Waals surface area contributed by atoms with Crippen molar-refractivity contribution >= 4 is 28.6 Å². The Bertz CT molecular complexity index is 734. The number of Topliss-reactive ketones (excluding diaryl/α,β-unsaturated/α-hetero) is 2. The number of hydrogen-bond acceptors (Lipinski definition) is 4. The quantitative estimate of drug-likeness (QED) is 0.480. The van der Waals surface area contributed by atoms with Crippen LogP contribution in [0.25, 0.3) is 17.0 Å². The van der Waals surface area contributed by atoms with Crippen LogP contribution in [0.1, 0.15) is 19.4 Å². The van der Waals surface area contributed by atoms with Crippen molar-refractivity contribution in [3.63, 3.8) is 0 Å². The van der Waals surface area contributed by atoms with E-state index in [4.69, 9.17) is 4.42 Å². The summed E-state index contributed by atoms with van der Waals surface area (Å²) in [6.07, 6.45) is 2.54. The summed E-state index contributed by atoms with van der Waals surface area (Å²) in [5.74, 6) is -0.750. The van der Waals surface area contributed by atoms with Crippen LogP contribution in [-0.4, -0.2) is 11.6 Å². The first-order chi connectivity index (χ1) is 9.00. The second kappa shape index (κ2) is 5.02. The molecule has 19 heavy (non-hydrogen) atoms. The van der Waals surface area contributed by atoms with Crippen molar-refractivity contribution in [2.24, 2.45) is 0 Å². The highest BCUT2D eigenvalue weighted by molar-refractivity contribution is 6.21. The lowest BCUT2D eigenvalue weighted by Gasteiger charge is -2.00. The van der Waals surface area contributed by atoms with E-state index in [0.717, 1.165) is 0 Å². The Balaban J connectivity index is 2.67. The van der Waals surface area contributed by atoms with E-state index >= 15 is 0 Å². The van der Waals surface area contributed by atoms with Crippen LogP contribution in [0, 0.1) is 0 Å². The Morgan fingerprint density at radius 2 is 1.74 bits per heavy atom. The van der Waals surface area contributed by atoms with Crippen molar-refractivity contribution in [3.05, 3.63) is 51.9 Å². The van der Waals surface area contributed by atoms with Gasteiger partial charge in [-0.25, -0.2) is 0 Å². The fourth-order valence-electron chi connectivity index (χ4n) is 1.80. The molecule has 1 aromatic heterocycles. The van der Waals surface area contributed by atoms with E-state index in [9.17, 15) is 14.4 Å². The molecular formula is C15H12O4. The SMILES string of the molecule is CC(=O)C(=Cc1coc2ccccc2c1=O)C(C)=O. The molecule has 0 aliphatic carbocycles. The first kappa shape index (κ1) is 13.0. The smallest absolute Gasteiger partial charge is 0.199 e. The van der Waals surface area contributed by atoms with Crippen molar-refractivity contribution in [2.45, 2.75) is 13.8 Å². The summed E-state index contributed by atoms with van der Waals surface area (Å²) >= 11 is 0. The molecule has 0 radical (unpaired) electrons. The van der Waals surface area contributed by atoms with Gasteiger partial charge in [0.05, 0.1) is 16.5 Å². The molecule has 4 heteroatoms. The number of ketones is 2. The number of carbonyl (C=O) groups excluding carboxylic acids is 2. The molecule has 0 aliphatic heterocycles. The summed E-state index contributed by atoms with van der Waals surface area (Å²) in [6.45, 7) is 2.58. The predicted molar refractivity (Wildman–Crippen MR) is 71.8 cm³/mol. The van der Waals surface area contributed by atoms with Crippen molar-refractivity contribution in [2.75, 3.05) is 0 Å². The first-order valence-corrected chi connectivity index (χ1v) is 5.75.